The first-order valence-corrected chi connectivity index (χ1v) is 31.8. The van der Waals surface area contributed by atoms with Crippen LogP contribution >= 0.6 is 24.8 Å². The second-order valence-corrected chi connectivity index (χ2v) is 113. The first-order chi connectivity index (χ1) is 8.30. The van der Waals surface area contributed by atoms with E-state index in [0.29, 0.717) is 6.04 Å². The van der Waals surface area contributed by atoms with Gasteiger partial charge in [-0.25, -0.2) is 0 Å². The van der Waals surface area contributed by atoms with Gasteiger partial charge in [0.25, 0.3) is 0 Å². The van der Waals surface area contributed by atoms with Crippen LogP contribution in [0.4, 0.5) is 0 Å². The minimum absolute atomic E-state index is 0. The number of allylic oxidation sites excluding steroid dienone is 4. The zero-order valence-electron chi connectivity index (χ0n) is 15.6. The van der Waals surface area contributed by atoms with Crippen LogP contribution in [0.5, 0.6) is 0 Å². The summed E-state index contributed by atoms with van der Waals surface area (Å²) >= 11 is -4.93. The normalized spacial score (nSPS) is 29.0. The second kappa shape index (κ2) is 3.50. The van der Waals surface area contributed by atoms with Crippen molar-refractivity contribution in [3.63, 3.8) is 0 Å². The molecule has 0 unspecified atom stereocenters. The van der Waals surface area contributed by atoms with Crippen LogP contribution in [0.1, 0.15) is 38.5 Å². The third-order valence-corrected chi connectivity index (χ3v) is 28.2. The third-order valence-electron chi connectivity index (χ3n) is 5.94. The van der Waals surface area contributed by atoms with E-state index in [2.05, 4.69) is 56.2 Å². The molecule has 0 spiro atoms. The van der Waals surface area contributed by atoms with Gasteiger partial charge in [0.05, 0.1) is 0 Å². The van der Waals surface area contributed by atoms with Gasteiger partial charge in [-0.1, -0.05) is 0 Å². The molecular weight excluding hydrogens is 408 g/mol. The van der Waals surface area contributed by atoms with E-state index < -0.39 is 11.8 Å². The number of rotatable bonds is 3. The molecule has 1 saturated carbocycles. The molecule has 0 aliphatic heterocycles. The molecule has 1 nitrogen and oxygen atoms in total. The van der Waals surface area contributed by atoms with Gasteiger partial charge in [0, 0.05) is 0 Å². The van der Waals surface area contributed by atoms with Crippen molar-refractivity contribution >= 4 is 31.7 Å². The van der Waals surface area contributed by atoms with E-state index >= 15 is 0 Å². The molecular formula is C17H39Cl2NSiZr. The molecule has 2 aliphatic carbocycles. The SMILES string of the molecule is Cl.Cl.[CH3][Zr]([CH3])([CH3])([CH3])([CH3])([CH3])(=[SiH2])([NH]C1CCCCC1)[C]1=CC=CC1. The zero-order chi connectivity index (χ0) is 15.6. The van der Waals surface area contributed by atoms with Crippen LogP contribution in [0, 0.1) is 0 Å². The first kappa shape index (κ1) is 23.1. The van der Waals surface area contributed by atoms with Gasteiger partial charge in [-0.05, 0) is 0 Å². The van der Waals surface area contributed by atoms with Crippen LogP contribution in [0.25, 0.3) is 0 Å². The summed E-state index contributed by atoms with van der Waals surface area (Å²) in [4.78, 5) is 0. The summed E-state index contributed by atoms with van der Waals surface area (Å²) in [6.45, 7) is 2.30. The molecule has 0 heterocycles. The molecule has 0 bridgehead atoms. The van der Waals surface area contributed by atoms with Crippen molar-refractivity contribution in [3.05, 3.63) is 21.5 Å². The van der Waals surface area contributed by atoms with E-state index in [1.807, 2.05) is 0 Å². The van der Waals surface area contributed by atoms with Crippen LogP contribution in [0.15, 0.2) is 21.5 Å². The standard InChI is InChI=1S/C6H12N.C5H5.6CH3.2ClH.H2Si.Zr/c7-6-4-2-1-3-5-6;1-2-4-5-3-1;;;;;;;;;;/h6-7H,1-5H2;1-3H,4H2;6*1H3;2*1H;1H2;/q-1;;;;;;;;;;;+1. The molecule has 0 atom stereocenters. The van der Waals surface area contributed by atoms with Gasteiger partial charge in [0.1, 0.15) is 0 Å². The molecule has 0 amide bonds. The Balaban J connectivity index is 0.00000220. The number of hydrogen-bond acceptors (Lipinski definition) is 1. The Labute approximate surface area is 139 Å². The predicted molar refractivity (Wildman–Crippen MR) is 110 cm³/mol. The fourth-order valence-corrected chi connectivity index (χ4v) is 23.3. The van der Waals surface area contributed by atoms with E-state index in [4.69, 9.17) is 0 Å². The van der Waals surface area contributed by atoms with Crippen LogP contribution < -0.4 is 3.26 Å². The van der Waals surface area contributed by atoms with Crippen LogP contribution in [0.2, 0.25) is 27.8 Å². The fourth-order valence-electron chi connectivity index (χ4n) is 4.59. The Kier molecular flexibility index (Phi) is 3.67. The average Bonchev–Trinajstić information content (AvgIpc) is 2.68. The third kappa shape index (κ3) is 4.82. The summed E-state index contributed by atoms with van der Waals surface area (Å²) < 4.78 is 21.6. The average molecular weight is 448 g/mol. The number of halogens is 2. The van der Waals surface area contributed by atoms with Crippen molar-refractivity contribution in [1.29, 1.82) is 0 Å². The molecule has 1 fully saturated rings. The van der Waals surface area contributed by atoms with Crippen molar-refractivity contribution in [2.24, 2.45) is 0 Å². The maximum absolute atomic E-state index is 4.93. The number of hydrogen-bond donors (Lipinski definition) is 1. The molecule has 22 heavy (non-hydrogen) atoms. The Morgan fingerprint density at radius 1 is 0.955 bits per heavy atom. The predicted octanol–water partition coefficient (Wildman–Crippen LogP) is 6.18. The second-order valence-electron chi connectivity index (χ2n) is 16.9. The summed E-state index contributed by atoms with van der Waals surface area (Å²) in [5.74, 6) is 0. The fraction of sp³-hybridized carbons (Fsp3) is 0.765. The Hall–Kier alpha value is 1.12. The molecule has 1 N–H and O–H groups in total. The molecule has 2 rings (SSSR count). The minimum atomic E-state index is -4.93. The topological polar surface area (TPSA) is 12.0 Å². The zero-order valence-corrected chi connectivity index (χ0v) is 21.1. The first-order valence-electron chi connectivity index (χ1n) is 8.68. The monoisotopic (exact) mass is 445 g/mol. The Bertz CT molecular complexity index is 702. The van der Waals surface area contributed by atoms with Crippen molar-refractivity contribution < 1.29 is 11.8 Å². The van der Waals surface area contributed by atoms with Crippen LogP contribution in [0.3, 0.4) is 0 Å². The maximum atomic E-state index is 4.39. The summed E-state index contributed by atoms with van der Waals surface area (Å²) in [6.07, 6.45) is 14.9. The van der Waals surface area contributed by atoms with Gasteiger partial charge in [-0.2, -0.15) is 0 Å². The molecule has 0 aromatic carbocycles. The van der Waals surface area contributed by atoms with E-state index in [-0.39, 0.29) is 24.8 Å². The van der Waals surface area contributed by atoms with E-state index in [0.717, 1.165) is 6.42 Å². The molecule has 0 saturated heterocycles. The van der Waals surface area contributed by atoms with Gasteiger partial charge in [-0.15, -0.1) is 24.8 Å². The summed E-state index contributed by atoms with van der Waals surface area (Å²) in [7, 11) is 0. The Morgan fingerprint density at radius 2 is 1.45 bits per heavy atom. The molecule has 0 radical (unpaired) electrons. The summed E-state index contributed by atoms with van der Waals surface area (Å²) in [5.41, 5.74) is 0. The molecule has 0 aromatic heterocycles. The van der Waals surface area contributed by atoms with Gasteiger partial charge in [0.2, 0.25) is 0 Å². The van der Waals surface area contributed by atoms with Gasteiger partial charge >= 0.3 is 116 Å². The summed E-state index contributed by atoms with van der Waals surface area (Å²) in [5, 5.41) is 0. The van der Waals surface area contributed by atoms with Crippen molar-refractivity contribution in [2.45, 2.75) is 72.4 Å². The van der Waals surface area contributed by atoms with Gasteiger partial charge < -0.3 is 0 Å². The van der Waals surface area contributed by atoms with E-state index in [9.17, 15) is 0 Å². The Morgan fingerprint density at radius 3 is 1.86 bits per heavy atom. The van der Waals surface area contributed by atoms with Crippen molar-refractivity contribution in [2.75, 3.05) is 0 Å². The van der Waals surface area contributed by atoms with Gasteiger partial charge in [0.15, 0.2) is 0 Å². The quantitative estimate of drug-likeness (QED) is 0.509. The molecule has 2 aliphatic rings. The van der Waals surface area contributed by atoms with E-state index in [1.165, 1.54) is 32.1 Å². The molecule has 5 heteroatoms. The van der Waals surface area contributed by atoms with Crippen molar-refractivity contribution in [1.82, 2.24) is 3.26 Å². The van der Waals surface area contributed by atoms with Gasteiger partial charge in [-0.3, -0.25) is 0 Å². The molecule has 0 aromatic rings. The van der Waals surface area contributed by atoms with Crippen LogP contribution in [-0.4, -0.2) is 12.9 Å². The van der Waals surface area contributed by atoms with E-state index in [1.54, 1.807) is 3.28 Å². The summed E-state index contributed by atoms with van der Waals surface area (Å²) in [6, 6.07) is 0.663. The number of nitrogens with one attached hydrogen (secondary N) is 1. The van der Waals surface area contributed by atoms with Crippen molar-refractivity contribution in [3.8, 4) is 0 Å². The molecule has 134 valence electrons. The van der Waals surface area contributed by atoms with Crippen LogP contribution in [-0.2, 0) is 11.8 Å².